The molecule has 0 aromatic carbocycles. The first-order chi connectivity index (χ1) is 9.29. The van der Waals surface area contributed by atoms with Crippen LogP contribution in [0.4, 0.5) is 0 Å². The highest BCUT2D eigenvalue weighted by molar-refractivity contribution is 6.88. The van der Waals surface area contributed by atoms with Gasteiger partial charge < -0.3 is 9.47 Å². The largest absolute Gasteiger partial charge is 0.490 e. The quantitative estimate of drug-likeness (QED) is 0.558. The van der Waals surface area contributed by atoms with Gasteiger partial charge in [-0.3, -0.25) is 9.59 Å². The first kappa shape index (κ1) is 16.7. The molecule has 0 radical (unpaired) electrons. The van der Waals surface area contributed by atoms with Crippen molar-refractivity contribution >= 4 is 19.6 Å². The van der Waals surface area contributed by atoms with E-state index in [1.54, 1.807) is 0 Å². The average molecular weight is 296 g/mol. The molecule has 5 heteroatoms. The van der Waals surface area contributed by atoms with Crippen LogP contribution >= 0.6 is 0 Å². The second-order valence-corrected chi connectivity index (χ2v) is 10.9. The van der Waals surface area contributed by atoms with Crippen molar-refractivity contribution in [3.63, 3.8) is 0 Å². The summed E-state index contributed by atoms with van der Waals surface area (Å²) in [6, 6.07) is 0. The number of allylic oxidation sites excluding steroid dienone is 2. The van der Waals surface area contributed by atoms with Gasteiger partial charge in [0, 0.05) is 5.57 Å². The fourth-order valence-corrected chi connectivity index (χ4v) is 4.40. The van der Waals surface area contributed by atoms with E-state index in [0.717, 1.165) is 12.8 Å². The molecular formula is C15H24O4Si. The predicted molar refractivity (Wildman–Crippen MR) is 81.0 cm³/mol. The van der Waals surface area contributed by atoms with E-state index >= 15 is 0 Å². The van der Waals surface area contributed by atoms with Gasteiger partial charge in [-0.2, -0.15) is 0 Å². The summed E-state index contributed by atoms with van der Waals surface area (Å²) in [6.07, 6.45) is 2.50. The number of hydrogen-bond acceptors (Lipinski definition) is 4. The van der Waals surface area contributed by atoms with Crippen molar-refractivity contribution in [2.75, 3.05) is 14.2 Å². The number of ether oxygens (including phenoxy) is 2. The SMILES string of the molecule is CCCCC1=C([Si](C)(C)C)C(=O)C(OC)=C(OC)C1=O. The molecule has 0 atom stereocenters. The highest BCUT2D eigenvalue weighted by Gasteiger charge is 2.41. The van der Waals surface area contributed by atoms with Crippen LogP contribution in [0.1, 0.15) is 26.2 Å². The van der Waals surface area contributed by atoms with E-state index in [1.165, 1.54) is 14.2 Å². The van der Waals surface area contributed by atoms with Crippen LogP contribution in [0.3, 0.4) is 0 Å². The van der Waals surface area contributed by atoms with E-state index in [-0.39, 0.29) is 23.1 Å². The molecule has 1 rings (SSSR count). The standard InChI is InChI=1S/C15H24O4Si/c1-7-8-9-10-11(16)13(18-2)14(19-3)12(17)15(10)20(4,5)6/h7-9H2,1-6H3. The fraction of sp³-hybridized carbons (Fsp3) is 0.600. The Morgan fingerprint density at radius 3 is 1.85 bits per heavy atom. The van der Waals surface area contributed by atoms with Crippen molar-refractivity contribution in [1.29, 1.82) is 0 Å². The minimum atomic E-state index is -1.94. The summed E-state index contributed by atoms with van der Waals surface area (Å²) < 4.78 is 10.2. The van der Waals surface area contributed by atoms with E-state index in [1.807, 2.05) is 0 Å². The topological polar surface area (TPSA) is 52.6 Å². The molecule has 1 aliphatic carbocycles. The minimum absolute atomic E-state index is 0.0469. The molecule has 0 amide bonds. The van der Waals surface area contributed by atoms with Gasteiger partial charge in [-0.05, 0) is 18.0 Å². The summed E-state index contributed by atoms with van der Waals surface area (Å²) in [7, 11) is 0.865. The van der Waals surface area contributed by atoms with Crippen LogP contribution in [0.15, 0.2) is 22.3 Å². The van der Waals surface area contributed by atoms with Crippen LogP contribution < -0.4 is 0 Å². The number of hydrogen-bond donors (Lipinski definition) is 0. The highest BCUT2D eigenvalue weighted by atomic mass is 28.3. The van der Waals surface area contributed by atoms with Crippen molar-refractivity contribution in [1.82, 2.24) is 0 Å². The molecule has 4 nitrogen and oxygen atoms in total. The maximum atomic E-state index is 12.7. The van der Waals surface area contributed by atoms with Crippen molar-refractivity contribution in [3.8, 4) is 0 Å². The van der Waals surface area contributed by atoms with Gasteiger partial charge >= 0.3 is 0 Å². The molecule has 112 valence electrons. The molecule has 0 bridgehead atoms. The lowest BCUT2D eigenvalue weighted by Gasteiger charge is -2.28. The monoisotopic (exact) mass is 296 g/mol. The van der Waals surface area contributed by atoms with Crippen LogP contribution in [-0.2, 0) is 19.1 Å². The van der Waals surface area contributed by atoms with Gasteiger partial charge in [0.25, 0.3) is 0 Å². The minimum Gasteiger partial charge on any atom is -0.490 e. The summed E-state index contributed by atoms with van der Waals surface area (Å²) in [6.45, 7) is 8.29. The fourth-order valence-electron chi connectivity index (χ4n) is 2.46. The summed E-state index contributed by atoms with van der Waals surface area (Å²) >= 11 is 0. The number of carbonyl (C=O) groups excluding carboxylic acids is 2. The summed E-state index contributed by atoms with van der Waals surface area (Å²) in [5.41, 5.74) is 0.633. The number of rotatable bonds is 6. The maximum absolute atomic E-state index is 12.7. The molecule has 0 N–H and O–H groups in total. The molecule has 0 unspecified atom stereocenters. The lowest BCUT2D eigenvalue weighted by Crippen LogP contribution is -2.38. The lowest BCUT2D eigenvalue weighted by molar-refractivity contribution is -0.120. The Morgan fingerprint density at radius 2 is 1.45 bits per heavy atom. The van der Waals surface area contributed by atoms with E-state index in [4.69, 9.17) is 9.47 Å². The molecule has 20 heavy (non-hydrogen) atoms. The zero-order valence-corrected chi connectivity index (χ0v) is 14.3. The Balaban J connectivity index is 3.44. The number of methoxy groups -OCH3 is 2. The van der Waals surface area contributed by atoms with Crippen molar-refractivity contribution in [2.45, 2.75) is 45.8 Å². The lowest BCUT2D eigenvalue weighted by atomic mass is 9.95. The zero-order valence-electron chi connectivity index (χ0n) is 13.3. The Bertz CT molecular complexity index is 481. The van der Waals surface area contributed by atoms with Gasteiger partial charge in [-0.25, -0.2) is 0 Å². The molecule has 0 fully saturated rings. The number of ketones is 2. The van der Waals surface area contributed by atoms with Gasteiger partial charge in [-0.1, -0.05) is 33.0 Å². The normalized spacial score (nSPS) is 16.9. The predicted octanol–water partition coefficient (Wildman–Crippen LogP) is 3.01. The third-order valence-electron chi connectivity index (χ3n) is 3.36. The van der Waals surface area contributed by atoms with Crippen LogP contribution in [0.25, 0.3) is 0 Å². The van der Waals surface area contributed by atoms with Gasteiger partial charge in [-0.15, -0.1) is 0 Å². The van der Waals surface area contributed by atoms with Crippen LogP contribution in [0.5, 0.6) is 0 Å². The Kier molecular flexibility index (Phi) is 5.33. The molecule has 0 aromatic heterocycles. The number of unbranched alkanes of at least 4 members (excludes halogenated alkanes) is 1. The second-order valence-electron chi connectivity index (χ2n) is 5.93. The molecule has 0 saturated heterocycles. The van der Waals surface area contributed by atoms with Gasteiger partial charge in [0.1, 0.15) is 0 Å². The number of Topliss-reactive ketones (excluding diaryl/α,β-unsaturated/α-hetero) is 2. The van der Waals surface area contributed by atoms with Gasteiger partial charge in [0.15, 0.2) is 0 Å². The molecule has 0 spiro atoms. The van der Waals surface area contributed by atoms with E-state index in [2.05, 4.69) is 26.6 Å². The first-order valence-electron chi connectivity index (χ1n) is 6.94. The third-order valence-corrected chi connectivity index (χ3v) is 5.39. The molecule has 0 aromatic rings. The second kappa shape index (κ2) is 6.39. The van der Waals surface area contributed by atoms with Crippen LogP contribution in [-0.4, -0.2) is 33.9 Å². The van der Waals surface area contributed by atoms with Gasteiger partial charge in [0.2, 0.25) is 23.1 Å². The Hall–Kier alpha value is -1.36. The molecule has 1 aliphatic rings. The summed E-state index contributed by atoms with van der Waals surface area (Å²) in [4.78, 5) is 25.2. The molecule has 0 aliphatic heterocycles. The summed E-state index contributed by atoms with van der Waals surface area (Å²) in [5.74, 6) is -0.259. The first-order valence-corrected chi connectivity index (χ1v) is 10.4. The zero-order chi connectivity index (χ0) is 15.5. The Labute approximate surface area is 121 Å². The van der Waals surface area contributed by atoms with E-state index in [9.17, 15) is 9.59 Å². The van der Waals surface area contributed by atoms with Crippen molar-refractivity contribution < 1.29 is 19.1 Å². The van der Waals surface area contributed by atoms with E-state index in [0.29, 0.717) is 17.2 Å². The maximum Gasteiger partial charge on any atom is 0.227 e. The Morgan fingerprint density at radius 1 is 0.950 bits per heavy atom. The number of carbonyl (C=O) groups is 2. The van der Waals surface area contributed by atoms with Gasteiger partial charge in [0.05, 0.1) is 22.3 Å². The van der Waals surface area contributed by atoms with Crippen molar-refractivity contribution in [3.05, 3.63) is 22.3 Å². The molecular weight excluding hydrogens is 272 g/mol. The molecule has 0 saturated carbocycles. The van der Waals surface area contributed by atoms with Crippen molar-refractivity contribution in [2.24, 2.45) is 0 Å². The third kappa shape index (κ3) is 3.03. The highest BCUT2D eigenvalue weighted by Crippen LogP contribution is 2.33. The smallest absolute Gasteiger partial charge is 0.227 e. The van der Waals surface area contributed by atoms with E-state index < -0.39 is 8.07 Å². The summed E-state index contributed by atoms with van der Waals surface area (Å²) in [5, 5.41) is 0.689. The average Bonchev–Trinajstić information content (AvgIpc) is 2.36. The molecule has 0 heterocycles. The van der Waals surface area contributed by atoms with Crippen LogP contribution in [0.2, 0.25) is 19.6 Å². The van der Waals surface area contributed by atoms with Crippen LogP contribution in [0, 0.1) is 0 Å².